The van der Waals surface area contributed by atoms with E-state index in [0.717, 1.165) is 11.3 Å². The molecular formula is C17H17ClN2O4. The second-order valence-electron chi connectivity index (χ2n) is 5.24. The van der Waals surface area contributed by atoms with Gasteiger partial charge in [0.1, 0.15) is 10.8 Å². The number of hydrogen-bond donors (Lipinski definition) is 1. The van der Waals surface area contributed by atoms with Gasteiger partial charge in [-0.2, -0.15) is 0 Å². The maximum Gasteiger partial charge on any atom is 0.289 e. The highest BCUT2D eigenvalue weighted by Crippen LogP contribution is 2.27. The van der Waals surface area contributed by atoms with Gasteiger partial charge in [0.05, 0.1) is 11.5 Å². The first-order chi connectivity index (χ1) is 11.5. The first-order valence-corrected chi connectivity index (χ1v) is 7.77. The Labute approximate surface area is 144 Å². The van der Waals surface area contributed by atoms with Crippen molar-refractivity contribution in [2.45, 2.75) is 19.8 Å². The molecule has 2 rings (SSSR count). The molecule has 1 N–H and O–H groups in total. The summed E-state index contributed by atoms with van der Waals surface area (Å²) in [6.07, 6.45) is 0.789. The Morgan fingerprint density at radius 1 is 1.25 bits per heavy atom. The number of rotatable bonds is 7. The van der Waals surface area contributed by atoms with Crippen LogP contribution in [0, 0.1) is 17.0 Å². The first kappa shape index (κ1) is 17.7. The zero-order valence-corrected chi connectivity index (χ0v) is 13.9. The minimum Gasteiger partial charge on any atom is -0.494 e. The summed E-state index contributed by atoms with van der Waals surface area (Å²) in [5.74, 6) is 0.522. The van der Waals surface area contributed by atoms with E-state index in [4.69, 9.17) is 16.3 Å². The molecule has 0 aromatic heterocycles. The Kier molecular flexibility index (Phi) is 6.14. The summed E-state index contributed by atoms with van der Waals surface area (Å²) in [5, 5.41) is 13.5. The van der Waals surface area contributed by atoms with E-state index < -0.39 is 4.92 Å². The third kappa shape index (κ3) is 5.24. The highest BCUT2D eigenvalue weighted by molar-refractivity contribution is 6.32. The second-order valence-corrected chi connectivity index (χ2v) is 5.64. The van der Waals surface area contributed by atoms with Crippen LogP contribution in [-0.2, 0) is 4.79 Å². The van der Waals surface area contributed by atoms with Gasteiger partial charge in [-0.15, -0.1) is 0 Å². The van der Waals surface area contributed by atoms with E-state index in [1.807, 2.05) is 31.2 Å². The number of anilines is 1. The van der Waals surface area contributed by atoms with E-state index in [9.17, 15) is 14.9 Å². The van der Waals surface area contributed by atoms with E-state index in [0.29, 0.717) is 18.7 Å². The maximum absolute atomic E-state index is 11.9. The van der Waals surface area contributed by atoms with Crippen molar-refractivity contribution < 1.29 is 14.5 Å². The molecule has 0 fully saturated rings. The number of nitro groups is 1. The maximum atomic E-state index is 11.9. The summed E-state index contributed by atoms with van der Waals surface area (Å²) in [4.78, 5) is 22.1. The van der Waals surface area contributed by atoms with Crippen LogP contribution in [0.25, 0.3) is 0 Å². The zero-order chi connectivity index (χ0) is 17.5. The SMILES string of the molecule is Cc1ccc(OCCCC(=O)Nc2ccc(Cl)c([N+](=O)[O-])c2)cc1. The molecule has 2 aromatic rings. The average molecular weight is 349 g/mol. The van der Waals surface area contributed by atoms with Gasteiger partial charge in [-0.25, -0.2) is 0 Å². The number of nitrogens with one attached hydrogen (secondary N) is 1. The fraction of sp³-hybridized carbons (Fsp3) is 0.235. The number of nitro benzene ring substituents is 1. The van der Waals surface area contributed by atoms with Gasteiger partial charge in [-0.05, 0) is 37.6 Å². The molecule has 0 atom stereocenters. The van der Waals surface area contributed by atoms with Gasteiger partial charge in [0.15, 0.2) is 0 Å². The molecule has 0 unspecified atom stereocenters. The van der Waals surface area contributed by atoms with Gasteiger partial charge in [0.25, 0.3) is 5.69 Å². The van der Waals surface area contributed by atoms with Crippen LogP contribution in [0.3, 0.4) is 0 Å². The van der Waals surface area contributed by atoms with Crippen LogP contribution in [0.1, 0.15) is 18.4 Å². The molecule has 0 spiro atoms. The van der Waals surface area contributed by atoms with Crippen LogP contribution < -0.4 is 10.1 Å². The molecule has 0 aliphatic carbocycles. The molecule has 0 saturated carbocycles. The van der Waals surface area contributed by atoms with E-state index in [1.165, 1.54) is 18.2 Å². The van der Waals surface area contributed by atoms with Crippen LogP contribution in [0.4, 0.5) is 11.4 Å². The molecule has 0 bridgehead atoms. The predicted octanol–water partition coefficient (Wildman–Crippen LogP) is 4.35. The van der Waals surface area contributed by atoms with Crippen LogP contribution in [0.2, 0.25) is 5.02 Å². The monoisotopic (exact) mass is 348 g/mol. The van der Waals surface area contributed by atoms with Gasteiger partial charge in [0, 0.05) is 18.2 Å². The number of carbonyl (C=O) groups excluding carboxylic acids is 1. The summed E-state index contributed by atoms with van der Waals surface area (Å²) in [6.45, 7) is 2.41. The van der Waals surface area contributed by atoms with Gasteiger partial charge >= 0.3 is 0 Å². The zero-order valence-electron chi connectivity index (χ0n) is 13.1. The second kappa shape index (κ2) is 8.31. The lowest BCUT2D eigenvalue weighted by Gasteiger charge is -2.07. The normalized spacial score (nSPS) is 10.2. The topological polar surface area (TPSA) is 81.5 Å². The molecule has 0 heterocycles. The number of carbonyl (C=O) groups is 1. The first-order valence-electron chi connectivity index (χ1n) is 7.39. The van der Waals surface area contributed by atoms with Crippen molar-refractivity contribution >= 4 is 28.9 Å². The molecule has 126 valence electrons. The molecule has 0 aliphatic rings. The minimum absolute atomic E-state index is 0.0319. The van der Waals surface area contributed by atoms with Crippen LogP contribution in [0.15, 0.2) is 42.5 Å². The largest absolute Gasteiger partial charge is 0.494 e. The van der Waals surface area contributed by atoms with Crippen molar-refractivity contribution in [3.05, 3.63) is 63.2 Å². The fourth-order valence-corrected chi connectivity index (χ4v) is 2.20. The Balaban J connectivity index is 1.78. The van der Waals surface area contributed by atoms with Crippen molar-refractivity contribution in [3.63, 3.8) is 0 Å². The highest BCUT2D eigenvalue weighted by Gasteiger charge is 2.13. The summed E-state index contributed by atoms with van der Waals surface area (Å²) in [7, 11) is 0. The van der Waals surface area contributed by atoms with E-state index in [2.05, 4.69) is 5.32 Å². The Hall–Kier alpha value is -2.60. The number of nitrogens with zero attached hydrogens (tertiary/aromatic N) is 1. The highest BCUT2D eigenvalue weighted by atomic mass is 35.5. The molecule has 0 aliphatic heterocycles. The van der Waals surface area contributed by atoms with Gasteiger partial charge in [-0.1, -0.05) is 29.3 Å². The summed E-state index contributed by atoms with van der Waals surface area (Å²) < 4.78 is 5.54. The number of aryl methyl sites for hydroxylation is 1. The molecular weight excluding hydrogens is 332 g/mol. The summed E-state index contributed by atoms with van der Waals surface area (Å²) >= 11 is 5.73. The number of benzene rings is 2. The van der Waals surface area contributed by atoms with E-state index in [1.54, 1.807) is 0 Å². The van der Waals surface area contributed by atoms with Crippen molar-refractivity contribution in [2.24, 2.45) is 0 Å². The quantitative estimate of drug-likeness (QED) is 0.458. The lowest BCUT2D eigenvalue weighted by molar-refractivity contribution is -0.384. The van der Waals surface area contributed by atoms with Crippen molar-refractivity contribution in [1.29, 1.82) is 0 Å². The molecule has 0 saturated heterocycles. The summed E-state index contributed by atoms with van der Waals surface area (Å²) in [5.41, 5.74) is 1.26. The average Bonchev–Trinajstić information content (AvgIpc) is 2.55. The number of ether oxygens (including phenoxy) is 1. The molecule has 6 nitrogen and oxygen atoms in total. The third-order valence-corrected chi connectivity index (χ3v) is 3.58. The lowest BCUT2D eigenvalue weighted by Crippen LogP contribution is -2.13. The third-order valence-electron chi connectivity index (χ3n) is 3.26. The van der Waals surface area contributed by atoms with Crippen molar-refractivity contribution in [2.75, 3.05) is 11.9 Å². The molecule has 7 heteroatoms. The molecule has 1 amide bonds. The van der Waals surface area contributed by atoms with Gasteiger partial charge in [0.2, 0.25) is 5.91 Å². The van der Waals surface area contributed by atoms with Crippen LogP contribution in [-0.4, -0.2) is 17.4 Å². The lowest BCUT2D eigenvalue weighted by atomic mass is 10.2. The Morgan fingerprint density at radius 3 is 2.62 bits per heavy atom. The predicted molar refractivity (Wildman–Crippen MR) is 92.6 cm³/mol. The summed E-state index contributed by atoms with van der Waals surface area (Å²) in [6, 6.07) is 11.8. The molecule has 0 radical (unpaired) electrons. The van der Waals surface area contributed by atoms with E-state index in [-0.39, 0.29) is 23.0 Å². The number of amides is 1. The van der Waals surface area contributed by atoms with Crippen LogP contribution in [0.5, 0.6) is 5.75 Å². The standard InChI is InChI=1S/C17H17ClN2O4/c1-12-4-7-14(8-5-12)24-10-2-3-17(21)19-13-6-9-15(18)16(11-13)20(22)23/h4-9,11H,2-3,10H2,1H3,(H,19,21). The van der Waals surface area contributed by atoms with Crippen molar-refractivity contribution in [1.82, 2.24) is 0 Å². The Bertz CT molecular complexity index is 732. The van der Waals surface area contributed by atoms with Gasteiger partial charge in [-0.3, -0.25) is 14.9 Å². The smallest absolute Gasteiger partial charge is 0.289 e. The van der Waals surface area contributed by atoms with E-state index >= 15 is 0 Å². The van der Waals surface area contributed by atoms with Crippen LogP contribution >= 0.6 is 11.6 Å². The van der Waals surface area contributed by atoms with Crippen molar-refractivity contribution in [3.8, 4) is 5.75 Å². The fourth-order valence-electron chi connectivity index (χ4n) is 2.01. The minimum atomic E-state index is -0.590. The number of halogens is 1. The molecule has 2 aromatic carbocycles. The van der Waals surface area contributed by atoms with Gasteiger partial charge < -0.3 is 10.1 Å². The molecule has 24 heavy (non-hydrogen) atoms. The number of hydrogen-bond acceptors (Lipinski definition) is 4. The Morgan fingerprint density at radius 2 is 1.96 bits per heavy atom.